The highest BCUT2D eigenvalue weighted by molar-refractivity contribution is 7.13. The number of hydrogen-bond donors (Lipinski definition) is 2. The van der Waals surface area contributed by atoms with E-state index in [2.05, 4.69) is 25.4 Å². The van der Waals surface area contributed by atoms with Crippen molar-refractivity contribution in [3.63, 3.8) is 0 Å². The first kappa shape index (κ1) is 15.1. The van der Waals surface area contributed by atoms with Crippen molar-refractivity contribution in [2.45, 2.75) is 19.9 Å². The number of thiazole rings is 1. The van der Waals surface area contributed by atoms with E-state index in [1.807, 2.05) is 19.2 Å². The van der Waals surface area contributed by atoms with Gasteiger partial charge < -0.3 is 10.1 Å². The molecule has 22 heavy (non-hydrogen) atoms. The number of amides is 1. The first-order valence-electron chi connectivity index (χ1n) is 7.17. The molecule has 2 aromatic heterocycles. The predicted octanol–water partition coefficient (Wildman–Crippen LogP) is 1.50. The molecular formula is C14H19N5O2S. The van der Waals surface area contributed by atoms with Crippen LogP contribution in [0.3, 0.4) is 0 Å². The van der Waals surface area contributed by atoms with Crippen LogP contribution in [0.2, 0.25) is 0 Å². The molecule has 8 heteroatoms. The summed E-state index contributed by atoms with van der Waals surface area (Å²) in [5.74, 6) is -0.0550. The molecule has 0 saturated carbocycles. The van der Waals surface area contributed by atoms with E-state index in [1.54, 1.807) is 6.20 Å². The third kappa shape index (κ3) is 3.18. The lowest BCUT2D eigenvalue weighted by Crippen LogP contribution is -2.44. The van der Waals surface area contributed by atoms with Crippen LogP contribution in [0.1, 0.15) is 23.0 Å². The van der Waals surface area contributed by atoms with Crippen molar-refractivity contribution in [3.05, 3.63) is 28.5 Å². The second kappa shape index (κ2) is 6.55. The molecule has 0 aliphatic carbocycles. The fourth-order valence-corrected chi connectivity index (χ4v) is 3.32. The van der Waals surface area contributed by atoms with Crippen molar-refractivity contribution in [3.8, 4) is 0 Å². The van der Waals surface area contributed by atoms with Gasteiger partial charge in [0.2, 0.25) is 5.91 Å². The van der Waals surface area contributed by atoms with Gasteiger partial charge in [-0.05, 0) is 13.8 Å². The minimum absolute atomic E-state index is 0.0505. The summed E-state index contributed by atoms with van der Waals surface area (Å²) in [6.45, 7) is 6.22. The minimum atomic E-state index is -0.0550. The Bertz CT molecular complexity index is 620. The van der Waals surface area contributed by atoms with Gasteiger partial charge in [-0.15, -0.1) is 11.3 Å². The van der Waals surface area contributed by atoms with Crippen LogP contribution in [-0.2, 0) is 9.53 Å². The third-order valence-corrected chi connectivity index (χ3v) is 4.47. The van der Waals surface area contributed by atoms with Crippen LogP contribution in [-0.4, -0.2) is 52.3 Å². The van der Waals surface area contributed by atoms with Crippen molar-refractivity contribution >= 4 is 22.4 Å². The fourth-order valence-electron chi connectivity index (χ4n) is 2.77. The zero-order valence-corrected chi connectivity index (χ0v) is 13.4. The number of carbonyl (C=O) groups excluding carboxylic acids is 1. The predicted molar refractivity (Wildman–Crippen MR) is 83.9 cm³/mol. The molecule has 3 heterocycles. The van der Waals surface area contributed by atoms with E-state index in [-0.39, 0.29) is 11.9 Å². The molecule has 1 unspecified atom stereocenters. The Labute approximate surface area is 132 Å². The summed E-state index contributed by atoms with van der Waals surface area (Å²) in [6, 6.07) is 0.0505. The number of nitrogens with one attached hydrogen (secondary N) is 2. The maximum Gasteiger partial charge on any atom is 0.240 e. The van der Waals surface area contributed by atoms with Crippen molar-refractivity contribution in [1.29, 1.82) is 0 Å². The molecule has 0 bridgehead atoms. The van der Waals surface area contributed by atoms with Crippen molar-refractivity contribution < 1.29 is 9.53 Å². The number of aromatic nitrogens is 3. The summed E-state index contributed by atoms with van der Waals surface area (Å²) in [6.07, 6.45) is 1.68. The lowest BCUT2D eigenvalue weighted by Gasteiger charge is -2.35. The number of aryl methyl sites for hydroxylation is 2. The van der Waals surface area contributed by atoms with E-state index < -0.39 is 0 Å². The first-order chi connectivity index (χ1) is 10.6. The van der Waals surface area contributed by atoms with Crippen molar-refractivity contribution in [2.24, 2.45) is 0 Å². The number of hydrogen-bond acceptors (Lipinski definition) is 6. The van der Waals surface area contributed by atoms with Crippen molar-refractivity contribution in [2.75, 3.05) is 31.6 Å². The first-order valence-corrected chi connectivity index (χ1v) is 8.05. The number of anilines is 1. The standard InChI is InChI=1S/C14H19N5O2S/c1-9-13(10(2)18-17-9)11-8-21-5-4-19(11)7-12(20)16-14-15-3-6-22-14/h3,6,11H,4-5,7-8H2,1-2H3,(H,17,18)(H,15,16,20). The Balaban J connectivity index is 1.71. The van der Waals surface area contributed by atoms with Gasteiger partial charge in [0.05, 0.1) is 31.5 Å². The van der Waals surface area contributed by atoms with Gasteiger partial charge in [-0.25, -0.2) is 4.98 Å². The van der Waals surface area contributed by atoms with E-state index >= 15 is 0 Å². The summed E-state index contributed by atoms with van der Waals surface area (Å²) in [7, 11) is 0. The highest BCUT2D eigenvalue weighted by Gasteiger charge is 2.29. The molecular weight excluding hydrogens is 302 g/mol. The lowest BCUT2D eigenvalue weighted by molar-refractivity contribution is -0.119. The zero-order chi connectivity index (χ0) is 15.5. The van der Waals surface area contributed by atoms with Crippen LogP contribution >= 0.6 is 11.3 Å². The second-order valence-electron chi connectivity index (χ2n) is 5.29. The Hall–Kier alpha value is -1.77. The van der Waals surface area contributed by atoms with Crippen LogP contribution in [0.5, 0.6) is 0 Å². The number of aromatic amines is 1. The van der Waals surface area contributed by atoms with E-state index in [1.165, 1.54) is 11.3 Å². The largest absolute Gasteiger partial charge is 0.378 e. The number of nitrogens with zero attached hydrogens (tertiary/aromatic N) is 3. The Kier molecular flexibility index (Phi) is 4.51. The van der Waals surface area contributed by atoms with Crippen LogP contribution in [0.15, 0.2) is 11.6 Å². The SMILES string of the molecule is Cc1n[nH]c(C)c1C1COCCN1CC(=O)Nc1nccs1. The van der Waals surface area contributed by atoms with Crippen LogP contribution in [0.25, 0.3) is 0 Å². The maximum atomic E-state index is 12.2. The van der Waals surface area contributed by atoms with Gasteiger partial charge in [0.15, 0.2) is 5.13 Å². The third-order valence-electron chi connectivity index (χ3n) is 3.78. The molecule has 7 nitrogen and oxygen atoms in total. The average molecular weight is 321 g/mol. The Morgan fingerprint density at radius 3 is 3.14 bits per heavy atom. The molecule has 0 aromatic carbocycles. The molecule has 0 radical (unpaired) electrons. The summed E-state index contributed by atoms with van der Waals surface area (Å²) >= 11 is 1.42. The van der Waals surface area contributed by atoms with Gasteiger partial charge in [0.25, 0.3) is 0 Å². The summed E-state index contributed by atoms with van der Waals surface area (Å²) in [4.78, 5) is 18.4. The van der Waals surface area contributed by atoms with Gasteiger partial charge in [-0.3, -0.25) is 14.8 Å². The maximum absolute atomic E-state index is 12.2. The fraction of sp³-hybridized carbons (Fsp3) is 0.500. The molecule has 0 spiro atoms. The second-order valence-corrected chi connectivity index (χ2v) is 6.19. The van der Waals surface area contributed by atoms with E-state index in [0.29, 0.717) is 24.9 Å². The number of carbonyl (C=O) groups is 1. The van der Waals surface area contributed by atoms with E-state index in [4.69, 9.17) is 4.74 Å². The quantitative estimate of drug-likeness (QED) is 0.891. The summed E-state index contributed by atoms with van der Waals surface area (Å²) in [5, 5.41) is 12.5. The average Bonchev–Trinajstić information content (AvgIpc) is 3.10. The molecule has 1 aliphatic heterocycles. The van der Waals surface area contributed by atoms with Crippen LogP contribution in [0.4, 0.5) is 5.13 Å². The minimum Gasteiger partial charge on any atom is -0.378 e. The van der Waals surface area contributed by atoms with Crippen molar-refractivity contribution in [1.82, 2.24) is 20.1 Å². The number of rotatable bonds is 4. The lowest BCUT2D eigenvalue weighted by atomic mass is 10.0. The molecule has 3 rings (SSSR count). The molecule has 1 amide bonds. The zero-order valence-electron chi connectivity index (χ0n) is 12.6. The number of ether oxygens (including phenoxy) is 1. The highest BCUT2D eigenvalue weighted by Crippen LogP contribution is 2.28. The molecule has 1 aliphatic rings. The number of morpholine rings is 1. The van der Waals surface area contributed by atoms with Gasteiger partial charge in [0.1, 0.15) is 0 Å². The van der Waals surface area contributed by atoms with Gasteiger partial charge >= 0.3 is 0 Å². The topological polar surface area (TPSA) is 83.1 Å². The molecule has 1 fully saturated rings. The van der Waals surface area contributed by atoms with Gasteiger partial charge in [-0.2, -0.15) is 5.10 Å². The van der Waals surface area contributed by atoms with Crippen LogP contribution in [0, 0.1) is 13.8 Å². The van der Waals surface area contributed by atoms with Crippen LogP contribution < -0.4 is 5.32 Å². The van der Waals surface area contributed by atoms with Gasteiger partial charge in [-0.1, -0.05) is 0 Å². The molecule has 2 N–H and O–H groups in total. The van der Waals surface area contributed by atoms with Gasteiger partial charge in [0, 0.05) is 29.4 Å². The van der Waals surface area contributed by atoms with E-state index in [0.717, 1.165) is 23.5 Å². The number of H-pyrrole nitrogens is 1. The summed E-state index contributed by atoms with van der Waals surface area (Å²) in [5.41, 5.74) is 3.11. The molecule has 1 atom stereocenters. The molecule has 2 aromatic rings. The Morgan fingerprint density at radius 2 is 2.45 bits per heavy atom. The highest BCUT2D eigenvalue weighted by atomic mass is 32.1. The molecule has 1 saturated heterocycles. The Morgan fingerprint density at radius 1 is 1.59 bits per heavy atom. The summed E-state index contributed by atoms with van der Waals surface area (Å²) < 4.78 is 5.61. The normalized spacial score (nSPS) is 19.3. The monoisotopic (exact) mass is 321 g/mol. The molecule has 118 valence electrons. The van der Waals surface area contributed by atoms with E-state index in [9.17, 15) is 4.79 Å². The smallest absolute Gasteiger partial charge is 0.240 e.